The molecule has 3 aromatic rings. The molecule has 3 N–H and O–H groups in total. The molecule has 122 valence electrons. The molecule has 6 nitrogen and oxygen atoms in total. The number of carbonyl (C=O) groups is 2. The summed E-state index contributed by atoms with van der Waals surface area (Å²) < 4.78 is 0. The van der Waals surface area contributed by atoms with E-state index in [0.29, 0.717) is 5.82 Å². The van der Waals surface area contributed by atoms with Crippen LogP contribution in [0.2, 0.25) is 0 Å². The van der Waals surface area contributed by atoms with Gasteiger partial charge in [0.25, 0.3) is 0 Å². The minimum atomic E-state index is -0.327. The Balaban J connectivity index is 1.44. The number of nitrogens with zero attached hydrogens (tertiary/aromatic N) is 1. The number of hydrogen-bond acceptors (Lipinski definition) is 4. The third-order valence-corrected chi connectivity index (χ3v) is 4.23. The Kier molecular flexibility index (Phi) is 5.12. The van der Waals surface area contributed by atoms with Crippen molar-refractivity contribution in [3.63, 3.8) is 0 Å². The average molecular weight is 340 g/mol. The summed E-state index contributed by atoms with van der Waals surface area (Å²) in [4.78, 5) is 32.0. The Morgan fingerprint density at radius 1 is 0.958 bits per heavy atom. The largest absolute Gasteiger partial charge is 0.342 e. The fourth-order valence-corrected chi connectivity index (χ4v) is 2.85. The molecule has 0 atom stereocenters. The molecule has 1 heterocycles. The number of rotatable bonds is 5. The molecule has 0 fully saturated rings. The van der Waals surface area contributed by atoms with Gasteiger partial charge >= 0.3 is 0 Å². The molecule has 2 aromatic carbocycles. The van der Waals surface area contributed by atoms with Crippen LogP contribution >= 0.6 is 11.8 Å². The van der Waals surface area contributed by atoms with E-state index in [2.05, 4.69) is 20.8 Å². The van der Waals surface area contributed by atoms with Crippen LogP contribution in [-0.2, 0) is 16.0 Å². The van der Waals surface area contributed by atoms with Crippen molar-refractivity contribution < 1.29 is 9.59 Å². The zero-order valence-corrected chi connectivity index (χ0v) is 13.6. The summed E-state index contributed by atoms with van der Waals surface area (Å²) in [6, 6.07) is 17.2. The maximum absolute atomic E-state index is 11.9. The van der Waals surface area contributed by atoms with Gasteiger partial charge in [0.15, 0.2) is 0 Å². The summed E-state index contributed by atoms with van der Waals surface area (Å²) in [5, 5.41) is 0. The number of nitrogens with one attached hydrogen (secondary N) is 3. The first-order valence-electron chi connectivity index (χ1n) is 7.40. The lowest BCUT2D eigenvalue weighted by atomic mass is 10.3. The summed E-state index contributed by atoms with van der Waals surface area (Å²) in [5.74, 6) is 0.199. The van der Waals surface area contributed by atoms with Gasteiger partial charge in [0.1, 0.15) is 5.82 Å². The van der Waals surface area contributed by atoms with E-state index in [0.717, 1.165) is 15.9 Å². The van der Waals surface area contributed by atoms with Gasteiger partial charge in [-0.05, 0) is 24.3 Å². The second kappa shape index (κ2) is 7.65. The number of H-pyrrole nitrogens is 1. The van der Waals surface area contributed by atoms with Gasteiger partial charge in [-0.2, -0.15) is 0 Å². The van der Waals surface area contributed by atoms with Crippen molar-refractivity contribution in [2.24, 2.45) is 0 Å². The fraction of sp³-hybridized carbons (Fsp3) is 0.118. The van der Waals surface area contributed by atoms with Crippen LogP contribution in [0.4, 0.5) is 0 Å². The standard InChI is InChI=1S/C17H16N4O2S/c22-16(10-15-18-13-8-4-5-9-14(13)19-15)20-21-17(23)11-24-12-6-2-1-3-7-12/h1-9H,10-11H2,(H,18,19)(H,20,22)(H,21,23). The van der Waals surface area contributed by atoms with Gasteiger partial charge in [-0.1, -0.05) is 30.3 Å². The Bertz CT molecular complexity index is 815. The van der Waals surface area contributed by atoms with Crippen molar-refractivity contribution in [2.75, 3.05) is 5.75 Å². The molecular formula is C17H16N4O2S. The normalized spacial score (nSPS) is 10.5. The Morgan fingerprint density at radius 3 is 2.46 bits per heavy atom. The number of thioether (sulfide) groups is 1. The number of carbonyl (C=O) groups excluding carboxylic acids is 2. The van der Waals surface area contributed by atoms with E-state index in [1.807, 2.05) is 54.6 Å². The predicted octanol–water partition coefficient (Wildman–Crippen LogP) is 2.05. The molecular weight excluding hydrogens is 324 g/mol. The zero-order valence-electron chi connectivity index (χ0n) is 12.8. The van der Waals surface area contributed by atoms with Crippen molar-refractivity contribution in [2.45, 2.75) is 11.3 Å². The first kappa shape index (κ1) is 16.1. The lowest BCUT2D eigenvalue weighted by Crippen LogP contribution is -2.43. The predicted molar refractivity (Wildman–Crippen MR) is 93.2 cm³/mol. The van der Waals surface area contributed by atoms with E-state index >= 15 is 0 Å². The number of benzene rings is 2. The quantitative estimate of drug-likeness (QED) is 0.490. The molecule has 0 aliphatic carbocycles. The lowest BCUT2D eigenvalue weighted by molar-refractivity contribution is -0.127. The van der Waals surface area contributed by atoms with E-state index in [1.165, 1.54) is 11.8 Å². The summed E-state index contributed by atoms with van der Waals surface area (Å²) in [6.07, 6.45) is 0.0702. The molecule has 0 saturated carbocycles. The molecule has 0 spiro atoms. The number of amides is 2. The maximum Gasteiger partial charge on any atom is 0.248 e. The summed E-state index contributed by atoms with van der Waals surface area (Å²) in [5.41, 5.74) is 6.49. The highest BCUT2D eigenvalue weighted by atomic mass is 32.2. The number of hydrazine groups is 1. The number of aromatic amines is 1. The first-order valence-corrected chi connectivity index (χ1v) is 8.38. The molecule has 0 aliphatic rings. The minimum Gasteiger partial charge on any atom is -0.342 e. The van der Waals surface area contributed by atoms with Gasteiger partial charge in [-0.25, -0.2) is 4.98 Å². The van der Waals surface area contributed by atoms with Crippen molar-refractivity contribution in [3.05, 3.63) is 60.4 Å². The lowest BCUT2D eigenvalue weighted by Gasteiger charge is -2.06. The van der Waals surface area contributed by atoms with Crippen molar-refractivity contribution in [1.82, 2.24) is 20.8 Å². The molecule has 1 aromatic heterocycles. The van der Waals surface area contributed by atoms with E-state index in [-0.39, 0.29) is 24.0 Å². The molecule has 0 unspecified atom stereocenters. The topological polar surface area (TPSA) is 86.9 Å². The van der Waals surface area contributed by atoms with Crippen LogP contribution in [0.5, 0.6) is 0 Å². The molecule has 24 heavy (non-hydrogen) atoms. The van der Waals surface area contributed by atoms with Gasteiger partial charge in [-0.15, -0.1) is 11.8 Å². The fourth-order valence-electron chi connectivity index (χ4n) is 2.13. The van der Waals surface area contributed by atoms with E-state index < -0.39 is 0 Å². The Labute approximate surface area is 143 Å². The van der Waals surface area contributed by atoms with Crippen LogP contribution in [-0.4, -0.2) is 27.5 Å². The van der Waals surface area contributed by atoms with Crippen LogP contribution in [0, 0.1) is 0 Å². The third-order valence-electron chi connectivity index (χ3n) is 3.22. The van der Waals surface area contributed by atoms with Crippen LogP contribution < -0.4 is 10.9 Å². The van der Waals surface area contributed by atoms with Gasteiger partial charge in [-0.3, -0.25) is 20.4 Å². The highest BCUT2D eigenvalue weighted by Gasteiger charge is 2.09. The number of hydrogen-bond donors (Lipinski definition) is 3. The van der Waals surface area contributed by atoms with Gasteiger partial charge in [0.2, 0.25) is 11.8 Å². The SMILES string of the molecule is O=C(CSc1ccccc1)NNC(=O)Cc1nc2ccccc2[nH]1. The zero-order chi connectivity index (χ0) is 16.8. The molecule has 0 saturated heterocycles. The number of para-hydroxylation sites is 2. The highest BCUT2D eigenvalue weighted by Crippen LogP contribution is 2.16. The molecule has 2 amide bonds. The van der Waals surface area contributed by atoms with Crippen molar-refractivity contribution in [3.8, 4) is 0 Å². The van der Waals surface area contributed by atoms with Crippen molar-refractivity contribution in [1.29, 1.82) is 0 Å². The van der Waals surface area contributed by atoms with Crippen molar-refractivity contribution >= 4 is 34.6 Å². The van der Waals surface area contributed by atoms with Crippen LogP contribution in [0.3, 0.4) is 0 Å². The monoisotopic (exact) mass is 340 g/mol. The van der Waals surface area contributed by atoms with Crippen LogP contribution in [0.15, 0.2) is 59.5 Å². The summed E-state index contributed by atoms with van der Waals surface area (Å²) in [7, 11) is 0. The average Bonchev–Trinajstić information content (AvgIpc) is 3.01. The minimum absolute atomic E-state index is 0.0702. The second-order valence-corrected chi connectivity index (χ2v) is 6.12. The molecule has 0 bridgehead atoms. The Hall–Kier alpha value is -2.80. The first-order chi connectivity index (χ1) is 11.7. The van der Waals surface area contributed by atoms with Gasteiger partial charge < -0.3 is 4.98 Å². The smallest absolute Gasteiger partial charge is 0.248 e. The van der Waals surface area contributed by atoms with E-state index in [1.54, 1.807) is 0 Å². The molecule has 7 heteroatoms. The van der Waals surface area contributed by atoms with Crippen LogP contribution in [0.1, 0.15) is 5.82 Å². The summed E-state index contributed by atoms with van der Waals surface area (Å²) >= 11 is 1.41. The number of aromatic nitrogens is 2. The third kappa shape index (κ3) is 4.36. The van der Waals surface area contributed by atoms with Crippen LogP contribution in [0.25, 0.3) is 11.0 Å². The highest BCUT2D eigenvalue weighted by molar-refractivity contribution is 8.00. The molecule has 0 aliphatic heterocycles. The summed E-state index contributed by atoms with van der Waals surface area (Å²) in [6.45, 7) is 0. The molecule has 3 rings (SSSR count). The van der Waals surface area contributed by atoms with E-state index in [9.17, 15) is 9.59 Å². The van der Waals surface area contributed by atoms with E-state index in [4.69, 9.17) is 0 Å². The van der Waals surface area contributed by atoms with Gasteiger partial charge in [0, 0.05) is 4.90 Å². The van der Waals surface area contributed by atoms with Gasteiger partial charge in [0.05, 0.1) is 23.2 Å². The maximum atomic E-state index is 11.9. The molecule has 0 radical (unpaired) electrons. The Morgan fingerprint density at radius 2 is 1.67 bits per heavy atom. The number of fused-ring (bicyclic) bond motifs is 1. The second-order valence-electron chi connectivity index (χ2n) is 5.08. The number of imidazole rings is 1.